The smallest absolute Gasteiger partial charge is 0.0718 e. The lowest BCUT2D eigenvalue weighted by molar-refractivity contribution is 0.444. The van der Waals surface area contributed by atoms with Crippen LogP contribution >= 0.6 is 0 Å². The maximum absolute atomic E-state index is 4.67. The van der Waals surface area contributed by atoms with Gasteiger partial charge in [0.05, 0.1) is 23.3 Å². The molecule has 4 aromatic rings. The summed E-state index contributed by atoms with van der Waals surface area (Å²) in [4.78, 5) is 4.67. The highest BCUT2D eigenvalue weighted by atomic mass is 15.0. The molecule has 0 atom stereocenters. The number of fused-ring (bicyclic) bond motifs is 3. The summed E-state index contributed by atoms with van der Waals surface area (Å²) in [5.41, 5.74) is 7.59. The molecule has 190 valence electrons. The van der Waals surface area contributed by atoms with Crippen LogP contribution in [0.15, 0.2) is 65.7 Å². The number of nitrogens with zero attached hydrogens (tertiary/aromatic N) is 2. The van der Waals surface area contributed by atoms with Gasteiger partial charge in [0.1, 0.15) is 0 Å². The molecule has 0 bridgehead atoms. The highest BCUT2D eigenvalue weighted by molar-refractivity contribution is 6.09. The lowest BCUT2D eigenvalue weighted by Crippen LogP contribution is -2.10. The van der Waals surface area contributed by atoms with Crippen LogP contribution in [0.2, 0.25) is 0 Å². The molecular formula is C35H40N2. The Bertz CT molecular complexity index is 1430. The third-order valence-corrected chi connectivity index (χ3v) is 7.76. The topological polar surface area (TPSA) is 17.3 Å². The fourth-order valence-electron chi connectivity index (χ4n) is 5.42. The summed E-state index contributed by atoms with van der Waals surface area (Å²) < 4.78 is 2.39. The van der Waals surface area contributed by atoms with Crippen molar-refractivity contribution in [3.05, 3.63) is 77.4 Å². The Morgan fingerprint density at radius 1 is 0.730 bits per heavy atom. The van der Waals surface area contributed by atoms with Crippen molar-refractivity contribution < 1.29 is 0 Å². The summed E-state index contributed by atoms with van der Waals surface area (Å²) >= 11 is 0. The van der Waals surface area contributed by atoms with Gasteiger partial charge >= 0.3 is 0 Å². The van der Waals surface area contributed by atoms with E-state index < -0.39 is 0 Å². The molecule has 0 unspecified atom stereocenters. The molecule has 0 saturated heterocycles. The highest BCUT2D eigenvalue weighted by Crippen LogP contribution is 2.37. The van der Waals surface area contributed by atoms with E-state index >= 15 is 0 Å². The molecule has 2 nitrogen and oxygen atoms in total. The van der Waals surface area contributed by atoms with Crippen molar-refractivity contribution in [1.82, 2.24) is 4.57 Å². The van der Waals surface area contributed by atoms with E-state index in [4.69, 9.17) is 0 Å². The van der Waals surface area contributed by atoms with E-state index in [2.05, 4.69) is 124 Å². The van der Waals surface area contributed by atoms with Gasteiger partial charge in [0, 0.05) is 22.0 Å². The first-order valence-corrected chi connectivity index (χ1v) is 13.8. The van der Waals surface area contributed by atoms with Crippen LogP contribution < -0.4 is 0 Å². The third-order valence-electron chi connectivity index (χ3n) is 7.76. The summed E-state index contributed by atoms with van der Waals surface area (Å²) in [6, 6.07) is 23.1. The average molecular weight is 489 g/mol. The van der Waals surface area contributed by atoms with Gasteiger partial charge in [-0.25, -0.2) is 0 Å². The quantitative estimate of drug-likeness (QED) is 0.198. The number of aliphatic imine (C=N–C) groups is 1. The van der Waals surface area contributed by atoms with E-state index in [-0.39, 0.29) is 10.8 Å². The second kappa shape index (κ2) is 9.86. The Morgan fingerprint density at radius 2 is 1.27 bits per heavy atom. The predicted octanol–water partition coefficient (Wildman–Crippen LogP) is 9.13. The number of aromatic nitrogens is 1. The van der Waals surface area contributed by atoms with Gasteiger partial charge < -0.3 is 4.57 Å². The first-order chi connectivity index (χ1) is 17.6. The molecule has 5 rings (SSSR count). The SMILES string of the molecule is CC(C)(C)c1ccc2c(c1)c1cc(C(C)(C)C)ccc1n2-c1ccc(C#CC=NC2CCCCC2)cc1. The van der Waals surface area contributed by atoms with Crippen molar-refractivity contribution in [2.24, 2.45) is 4.99 Å². The van der Waals surface area contributed by atoms with Crippen LogP contribution in [0.4, 0.5) is 0 Å². The molecule has 1 fully saturated rings. The predicted molar refractivity (Wildman–Crippen MR) is 160 cm³/mol. The second-order valence-corrected chi connectivity index (χ2v) is 12.7. The first-order valence-electron chi connectivity index (χ1n) is 13.8. The standard InChI is InChI=1S/C35H40N2/c1-34(2,3)26-16-20-32-30(23-26)31-24-27(35(4,5)6)17-21-33(31)37(32)29-18-14-25(15-19-29)11-10-22-36-28-12-8-7-9-13-28/h14-24,28H,7-9,12-13H2,1-6H3. The zero-order chi connectivity index (χ0) is 26.2. The van der Waals surface area contributed by atoms with Gasteiger partial charge in [0.15, 0.2) is 0 Å². The zero-order valence-electron chi connectivity index (χ0n) is 23.4. The van der Waals surface area contributed by atoms with Gasteiger partial charge in [-0.15, -0.1) is 0 Å². The molecule has 1 aromatic heterocycles. The van der Waals surface area contributed by atoms with Gasteiger partial charge in [-0.2, -0.15) is 0 Å². The molecule has 1 aliphatic carbocycles. The van der Waals surface area contributed by atoms with Crippen LogP contribution in [0.5, 0.6) is 0 Å². The molecule has 1 aliphatic rings. The summed E-state index contributed by atoms with van der Waals surface area (Å²) in [7, 11) is 0. The highest BCUT2D eigenvalue weighted by Gasteiger charge is 2.20. The van der Waals surface area contributed by atoms with E-state index in [9.17, 15) is 0 Å². The number of benzene rings is 3. The van der Waals surface area contributed by atoms with E-state index in [1.54, 1.807) is 0 Å². The van der Waals surface area contributed by atoms with Crippen molar-refractivity contribution in [2.75, 3.05) is 0 Å². The van der Waals surface area contributed by atoms with Gasteiger partial charge in [0.25, 0.3) is 0 Å². The van der Waals surface area contributed by atoms with E-state index in [0.717, 1.165) is 11.3 Å². The Balaban J connectivity index is 1.54. The molecule has 0 spiro atoms. The van der Waals surface area contributed by atoms with Crippen molar-refractivity contribution in [2.45, 2.75) is 90.5 Å². The van der Waals surface area contributed by atoms with Gasteiger partial charge in [-0.3, -0.25) is 4.99 Å². The van der Waals surface area contributed by atoms with Crippen molar-refractivity contribution in [3.8, 4) is 17.5 Å². The Labute approximate surface area is 222 Å². The summed E-state index contributed by atoms with van der Waals surface area (Å²) in [6.07, 6.45) is 8.19. The minimum Gasteiger partial charge on any atom is -0.309 e. The lowest BCUT2D eigenvalue weighted by atomic mass is 9.85. The van der Waals surface area contributed by atoms with E-state index in [0.29, 0.717) is 6.04 Å². The van der Waals surface area contributed by atoms with Crippen molar-refractivity contribution in [3.63, 3.8) is 0 Å². The Hall–Kier alpha value is -3.31. The van der Waals surface area contributed by atoms with Crippen LogP contribution in [-0.4, -0.2) is 16.8 Å². The van der Waals surface area contributed by atoms with Gasteiger partial charge in [0.2, 0.25) is 0 Å². The maximum atomic E-state index is 4.67. The molecule has 0 N–H and O–H groups in total. The summed E-state index contributed by atoms with van der Waals surface area (Å²) in [5.74, 6) is 6.43. The van der Waals surface area contributed by atoms with Gasteiger partial charge in [-0.05, 0) is 89.2 Å². The van der Waals surface area contributed by atoms with Crippen LogP contribution in [0.1, 0.15) is 90.3 Å². The van der Waals surface area contributed by atoms with Crippen LogP contribution in [0, 0.1) is 11.8 Å². The van der Waals surface area contributed by atoms with E-state index in [1.165, 1.54) is 65.0 Å². The maximum Gasteiger partial charge on any atom is 0.0718 e. The van der Waals surface area contributed by atoms with Gasteiger partial charge in [-0.1, -0.05) is 78.9 Å². The lowest BCUT2D eigenvalue weighted by Gasteiger charge is -2.19. The van der Waals surface area contributed by atoms with E-state index in [1.807, 2.05) is 6.21 Å². The molecule has 1 saturated carbocycles. The normalized spacial score (nSPS) is 15.4. The molecule has 0 amide bonds. The molecule has 0 radical (unpaired) electrons. The van der Waals surface area contributed by atoms with Crippen LogP contribution in [0.3, 0.4) is 0 Å². The molecule has 2 heteroatoms. The second-order valence-electron chi connectivity index (χ2n) is 12.7. The molecule has 1 heterocycles. The van der Waals surface area contributed by atoms with Crippen LogP contribution in [-0.2, 0) is 10.8 Å². The number of hydrogen-bond donors (Lipinski definition) is 0. The number of hydrogen-bond acceptors (Lipinski definition) is 1. The summed E-state index contributed by atoms with van der Waals surface area (Å²) in [5, 5.41) is 2.63. The molecule has 0 aliphatic heterocycles. The van der Waals surface area contributed by atoms with Crippen molar-refractivity contribution in [1.29, 1.82) is 0 Å². The minimum atomic E-state index is 0.102. The fourth-order valence-corrected chi connectivity index (χ4v) is 5.42. The van der Waals surface area contributed by atoms with Crippen molar-refractivity contribution >= 4 is 28.0 Å². The minimum absolute atomic E-state index is 0.102. The largest absolute Gasteiger partial charge is 0.309 e. The monoisotopic (exact) mass is 488 g/mol. The summed E-state index contributed by atoms with van der Waals surface area (Å²) in [6.45, 7) is 13.7. The third kappa shape index (κ3) is 5.37. The molecule has 3 aromatic carbocycles. The Morgan fingerprint density at radius 3 is 1.78 bits per heavy atom. The first kappa shape index (κ1) is 25.3. The fraction of sp³-hybridized carbons (Fsp3) is 0.400. The van der Waals surface area contributed by atoms with Crippen LogP contribution in [0.25, 0.3) is 27.5 Å². The molecular weight excluding hydrogens is 448 g/mol. The Kier molecular flexibility index (Phi) is 6.76. The number of rotatable bonds is 2. The zero-order valence-corrected chi connectivity index (χ0v) is 23.4. The average Bonchev–Trinajstić information content (AvgIpc) is 3.20. The molecule has 37 heavy (non-hydrogen) atoms.